The lowest BCUT2D eigenvalue weighted by atomic mass is 10.0. The van der Waals surface area contributed by atoms with Gasteiger partial charge in [-0.1, -0.05) is 60.7 Å². The summed E-state index contributed by atoms with van der Waals surface area (Å²) in [4.78, 5) is 0. The molecule has 0 aliphatic rings. The summed E-state index contributed by atoms with van der Waals surface area (Å²) in [5.41, 5.74) is 5.04. The summed E-state index contributed by atoms with van der Waals surface area (Å²) < 4.78 is 2.18. The summed E-state index contributed by atoms with van der Waals surface area (Å²) in [6.07, 6.45) is 8.65. The van der Waals surface area contributed by atoms with Crippen LogP contribution < -0.4 is 0 Å². The lowest BCUT2D eigenvalue weighted by Gasteiger charge is -2.01. The minimum Gasteiger partial charge on any atom is -0.323 e. The van der Waals surface area contributed by atoms with E-state index in [4.69, 9.17) is 0 Å². The van der Waals surface area contributed by atoms with Crippen LogP contribution in [0.25, 0.3) is 28.4 Å². The molecule has 0 amide bonds. The van der Waals surface area contributed by atoms with E-state index in [1.165, 1.54) is 33.0 Å². The SMILES string of the molecule is Cc1cccn2cc(/C=C/c3cccc4ccccc34)cc12. The fourth-order valence-electron chi connectivity index (χ4n) is 2.98. The van der Waals surface area contributed by atoms with Gasteiger partial charge in [-0.25, -0.2) is 0 Å². The average Bonchev–Trinajstić information content (AvgIpc) is 2.97. The van der Waals surface area contributed by atoms with Crippen molar-refractivity contribution in [1.82, 2.24) is 4.40 Å². The molecule has 0 unspecified atom stereocenters. The fraction of sp³-hybridized carbons (Fsp3) is 0.0476. The summed E-state index contributed by atoms with van der Waals surface area (Å²) in [6.45, 7) is 2.15. The normalized spacial score (nSPS) is 11.7. The van der Waals surface area contributed by atoms with Gasteiger partial charge in [-0.05, 0) is 46.5 Å². The Morgan fingerprint density at radius 2 is 1.73 bits per heavy atom. The number of aryl methyl sites for hydroxylation is 1. The van der Waals surface area contributed by atoms with Crippen molar-refractivity contribution in [3.8, 4) is 0 Å². The van der Waals surface area contributed by atoms with Gasteiger partial charge in [-0.15, -0.1) is 0 Å². The number of benzene rings is 2. The molecule has 4 aromatic rings. The van der Waals surface area contributed by atoms with E-state index in [9.17, 15) is 0 Å². The molecule has 0 radical (unpaired) electrons. The third kappa shape index (κ3) is 2.21. The van der Waals surface area contributed by atoms with Crippen LogP contribution in [-0.2, 0) is 0 Å². The highest BCUT2D eigenvalue weighted by molar-refractivity contribution is 5.92. The van der Waals surface area contributed by atoms with Gasteiger partial charge in [0.2, 0.25) is 0 Å². The van der Waals surface area contributed by atoms with Gasteiger partial charge in [0.25, 0.3) is 0 Å². The van der Waals surface area contributed by atoms with E-state index in [0.717, 1.165) is 0 Å². The first-order valence-electron chi connectivity index (χ1n) is 7.54. The molecule has 2 aromatic heterocycles. The summed E-state index contributed by atoms with van der Waals surface area (Å²) in [7, 11) is 0. The van der Waals surface area contributed by atoms with Crippen molar-refractivity contribution in [3.63, 3.8) is 0 Å². The first-order valence-corrected chi connectivity index (χ1v) is 7.54. The van der Waals surface area contributed by atoms with Gasteiger partial charge < -0.3 is 4.40 Å². The predicted octanol–water partition coefficient (Wildman–Crippen LogP) is 5.57. The van der Waals surface area contributed by atoms with Crippen molar-refractivity contribution in [3.05, 3.63) is 89.7 Å². The zero-order chi connectivity index (χ0) is 14.9. The minimum absolute atomic E-state index is 1.22. The van der Waals surface area contributed by atoms with Crippen LogP contribution in [-0.4, -0.2) is 4.40 Å². The van der Waals surface area contributed by atoms with E-state index in [1.54, 1.807) is 0 Å². The molecule has 22 heavy (non-hydrogen) atoms. The van der Waals surface area contributed by atoms with Gasteiger partial charge in [0.05, 0.1) is 0 Å². The smallest absolute Gasteiger partial charge is 0.0485 e. The van der Waals surface area contributed by atoms with Crippen LogP contribution in [0.5, 0.6) is 0 Å². The molecule has 0 aliphatic heterocycles. The molecular weight excluding hydrogens is 266 g/mol. The quantitative estimate of drug-likeness (QED) is 0.453. The first-order chi connectivity index (χ1) is 10.8. The maximum Gasteiger partial charge on any atom is 0.0485 e. The van der Waals surface area contributed by atoms with Gasteiger partial charge in [-0.3, -0.25) is 0 Å². The standard InChI is InChI=1S/C21H17N/c1-16-6-5-13-22-15-17(14-21(16)22)11-12-19-9-4-8-18-7-2-3-10-20(18)19/h2-15H,1H3/b12-11+. The zero-order valence-corrected chi connectivity index (χ0v) is 12.5. The third-order valence-corrected chi connectivity index (χ3v) is 4.15. The Morgan fingerprint density at radius 1 is 0.864 bits per heavy atom. The van der Waals surface area contributed by atoms with Crippen LogP contribution in [0.3, 0.4) is 0 Å². The second kappa shape index (κ2) is 5.19. The average molecular weight is 283 g/mol. The van der Waals surface area contributed by atoms with Crippen LogP contribution in [0, 0.1) is 6.92 Å². The van der Waals surface area contributed by atoms with Crippen molar-refractivity contribution >= 4 is 28.4 Å². The topological polar surface area (TPSA) is 4.41 Å². The number of pyridine rings is 1. The molecule has 0 fully saturated rings. The molecule has 1 nitrogen and oxygen atoms in total. The molecule has 0 saturated heterocycles. The lowest BCUT2D eigenvalue weighted by Crippen LogP contribution is -1.81. The van der Waals surface area contributed by atoms with E-state index < -0.39 is 0 Å². The summed E-state index contributed by atoms with van der Waals surface area (Å²) in [6, 6.07) is 21.4. The van der Waals surface area contributed by atoms with Crippen molar-refractivity contribution in [1.29, 1.82) is 0 Å². The molecular formula is C21H17N. The summed E-state index contributed by atoms with van der Waals surface area (Å²) in [5, 5.41) is 2.57. The van der Waals surface area contributed by atoms with E-state index in [0.29, 0.717) is 0 Å². The minimum atomic E-state index is 1.22. The molecule has 0 N–H and O–H groups in total. The van der Waals surface area contributed by atoms with Gasteiger partial charge in [0, 0.05) is 17.9 Å². The molecule has 0 saturated carbocycles. The monoisotopic (exact) mass is 283 g/mol. The first kappa shape index (κ1) is 12.9. The third-order valence-electron chi connectivity index (χ3n) is 4.15. The Bertz CT molecular complexity index is 984. The molecule has 1 heteroatoms. The van der Waals surface area contributed by atoms with Crippen molar-refractivity contribution in [2.45, 2.75) is 6.92 Å². The molecule has 2 heterocycles. The molecule has 0 aliphatic carbocycles. The number of fused-ring (bicyclic) bond motifs is 2. The molecule has 4 rings (SSSR count). The summed E-state index contributed by atoms with van der Waals surface area (Å²) >= 11 is 0. The van der Waals surface area contributed by atoms with E-state index in [-0.39, 0.29) is 0 Å². The van der Waals surface area contributed by atoms with Crippen molar-refractivity contribution < 1.29 is 0 Å². The highest BCUT2D eigenvalue weighted by Crippen LogP contribution is 2.21. The Hall–Kier alpha value is -2.80. The molecule has 106 valence electrons. The number of aromatic nitrogens is 1. The lowest BCUT2D eigenvalue weighted by molar-refractivity contribution is 1.18. The van der Waals surface area contributed by atoms with Gasteiger partial charge in [0.1, 0.15) is 0 Å². The maximum atomic E-state index is 2.23. The Balaban J connectivity index is 1.77. The van der Waals surface area contributed by atoms with Crippen LogP contribution in [0.2, 0.25) is 0 Å². The fourth-order valence-corrected chi connectivity index (χ4v) is 2.98. The number of nitrogens with zero attached hydrogens (tertiary/aromatic N) is 1. The largest absolute Gasteiger partial charge is 0.323 e. The Labute approximate surface area is 130 Å². The molecule has 0 atom stereocenters. The predicted molar refractivity (Wildman–Crippen MR) is 95.0 cm³/mol. The van der Waals surface area contributed by atoms with Crippen LogP contribution in [0.15, 0.2) is 73.1 Å². The van der Waals surface area contributed by atoms with Crippen molar-refractivity contribution in [2.24, 2.45) is 0 Å². The van der Waals surface area contributed by atoms with Gasteiger partial charge >= 0.3 is 0 Å². The van der Waals surface area contributed by atoms with Crippen LogP contribution >= 0.6 is 0 Å². The highest BCUT2D eigenvalue weighted by Gasteiger charge is 2.00. The van der Waals surface area contributed by atoms with E-state index >= 15 is 0 Å². The highest BCUT2D eigenvalue weighted by atomic mass is 14.9. The molecule has 0 bridgehead atoms. The molecule has 2 aromatic carbocycles. The van der Waals surface area contributed by atoms with E-state index in [2.05, 4.69) is 96.5 Å². The van der Waals surface area contributed by atoms with Crippen molar-refractivity contribution in [2.75, 3.05) is 0 Å². The summed E-state index contributed by atoms with van der Waals surface area (Å²) in [5.74, 6) is 0. The maximum absolute atomic E-state index is 2.23. The zero-order valence-electron chi connectivity index (χ0n) is 12.5. The second-order valence-electron chi connectivity index (χ2n) is 5.66. The van der Waals surface area contributed by atoms with Crippen LogP contribution in [0.1, 0.15) is 16.7 Å². The van der Waals surface area contributed by atoms with Gasteiger partial charge in [-0.2, -0.15) is 0 Å². The number of hydrogen-bond donors (Lipinski definition) is 0. The number of rotatable bonds is 2. The van der Waals surface area contributed by atoms with Crippen LogP contribution in [0.4, 0.5) is 0 Å². The van der Waals surface area contributed by atoms with E-state index in [1.807, 2.05) is 0 Å². The Kier molecular flexibility index (Phi) is 3.05. The van der Waals surface area contributed by atoms with Gasteiger partial charge in [0.15, 0.2) is 0 Å². The molecule has 0 spiro atoms. The second-order valence-corrected chi connectivity index (χ2v) is 5.66. The number of hydrogen-bond acceptors (Lipinski definition) is 0. The Morgan fingerprint density at radius 3 is 2.64 bits per heavy atom.